The first-order valence-electron chi connectivity index (χ1n) is 36.7. The molecule has 17 nitrogen and oxygen atoms in total. The number of carbonyl (C=O) groups is 4. The number of hydrogen-bond donors (Lipinski definition) is 3. The maximum Gasteiger partial charge on any atom is 0.472 e. The van der Waals surface area contributed by atoms with E-state index in [0.29, 0.717) is 31.6 Å². The lowest BCUT2D eigenvalue weighted by molar-refractivity contribution is -0.161. The molecule has 0 amide bonds. The van der Waals surface area contributed by atoms with Crippen LogP contribution in [0.5, 0.6) is 0 Å². The van der Waals surface area contributed by atoms with Gasteiger partial charge in [0.2, 0.25) is 0 Å². The summed E-state index contributed by atoms with van der Waals surface area (Å²) in [5, 5.41) is 10.6. The molecule has 0 aromatic heterocycles. The number of phosphoric acid groups is 2. The quantitative estimate of drug-likeness (QED) is 0.0222. The fraction of sp³-hybridized carbons (Fsp3) is 0.944. The van der Waals surface area contributed by atoms with Crippen LogP contribution in [0.3, 0.4) is 0 Å². The Morgan fingerprint density at radius 2 is 0.533 bits per heavy atom. The molecule has 0 aromatic rings. The van der Waals surface area contributed by atoms with Crippen LogP contribution in [-0.4, -0.2) is 96.7 Å². The molecule has 6 atom stereocenters. The van der Waals surface area contributed by atoms with Gasteiger partial charge in [-0.2, -0.15) is 0 Å². The summed E-state index contributed by atoms with van der Waals surface area (Å²) in [6.07, 6.45) is 43.1. The Kier molecular flexibility index (Phi) is 59.4. The molecule has 0 heterocycles. The number of phosphoric ester groups is 2. The van der Waals surface area contributed by atoms with Crippen LogP contribution in [-0.2, 0) is 65.4 Å². The van der Waals surface area contributed by atoms with Crippen LogP contribution in [0.15, 0.2) is 0 Å². The number of hydrogen-bond acceptors (Lipinski definition) is 15. The van der Waals surface area contributed by atoms with Crippen molar-refractivity contribution in [2.75, 3.05) is 39.6 Å². The normalized spacial score (nSPS) is 14.6. The highest BCUT2D eigenvalue weighted by molar-refractivity contribution is 7.47. The number of carbonyl (C=O) groups excluding carboxylic acids is 4. The van der Waals surface area contributed by atoms with E-state index in [9.17, 15) is 43.2 Å². The van der Waals surface area contributed by atoms with E-state index < -0.39 is 97.5 Å². The second kappa shape index (κ2) is 60.7. The third kappa shape index (κ3) is 63.5. The average molecular weight is 1330 g/mol. The molecule has 0 rings (SSSR count). The molecule has 19 heteroatoms. The van der Waals surface area contributed by atoms with E-state index in [1.54, 1.807) is 0 Å². The summed E-state index contributed by atoms with van der Waals surface area (Å²) in [4.78, 5) is 72.6. The molecule has 4 unspecified atom stereocenters. The summed E-state index contributed by atoms with van der Waals surface area (Å²) in [5.41, 5.74) is 0. The lowest BCUT2D eigenvalue weighted by atomic mass is 9.99. The number of unbranched alkanes of at least 4 members (excludes halogenated alkanes) is 33. The van der Waals surface area contributed by atoms with Crippen molar-refractivity contribution in [2.24, 2.45) is 23.7 Å². The third-order valence-corrected chi connectivity index (χ3v) is 18.6. The van der Waals surface area contributed by atoms with Crippen LogP contribution in [0.1, 0.15) is 351 Å². The zero-order valence-corrected chi connectivity index (χ0v) is 60.6. The minimum Gasteiger partial charge on any atom is -0.462 e. The molecule has 0 bridgehead atoms. The van der Waals surface area contributed by atoms with Crippen LogP contribution >= 0.6 is 15.6 Å². The van der Waals surface area contributed by atoms with E-state index in [1.807, 2.05) is 0 Å². The molecule has 3 N–H and O–H groups in total. The maximum atomic E-state index is 13.0. The number of rotatable bonds is 68. The number of ether oxygens (including phenoxy) is 4. The summed E-state index contributed by atoms with van der Waals surface area (Å²) >= 11 is 0. The molecule has 0 saturated carbocycles. The Balaban J connectivity index is 5.24. The van der Waals surface area contributed by atoms with Crippen molar-refractivity contribution < 1.29 is 80.2 Å². The van der Waals surface area contributed by atoms with Gasteiger partial charge in [0, 0.05) is 25.7 Å². The first kappa shape index (κ1) is 88.1. The Morgan fingerprint density at radius 1 is 0.311 bits per heavy atom. The van der Waals surface area contributed by atoms with Crippen LogP contribution in [0, 0.1) is 23.7 Å². The topological polar surface area (TPSA) is 237 Å². The minimum absolute atomic E-state index is 0.103. The van der Waals surface area contributed by atoms with Crippen molar-refractivity contribution in [3.63, 3.8) is 0 Å². The zero-order valence-electron chi connectivity index (χ0n) is 58.8. The van der Waals surface area contributed by atoms with Gasteiger partial charge >= 0.3 is 39.5 Å². The highest BCUT2D eigenvalue weighted by Gasteiger charge is 2.30. The molecule has 0 aromatic carbocycles. The maximum absolute atomic E-state index is 13.0. The van der Waals surface area contributed by atoms with Gasteiger partial charge in [-0.05, 0) is 49.4 Å². The number of aliphatic hydroxyl groups excluding tert-OH is 1. The van der Waals surface area contributed by atoms with Gasteiger partial charge in [0.1, 0.15) is 19.3 Å². The SMILES string of the molecule is CCC(C)CCCCCCCCCCC(=O)OC[C@H](COP(=O)(O)OCC(O)COP(=O)(O)OC[C@@H](COC(=O)CCCCCCCCCC(C)C)OC(=O)CCCCCCCCCCCCCCCCC(C)C)OC(=O)CCCCCCCCCCC(C)C. The van der Waals surface area contributed by atoms with Gasteiger partial charge in [0.05, 0.1) is 26.4 Å². The second-order valence-corrected chi connectivity index (χ2v) is 30.2. The zero-order chi connectivity index (χ0) is 66.8. The predicted octanol–water partition coefficient (Wildman–Crippen LogP) is 20.1. The van der Waals surface area contributed by atoms with Gasteiger partial charge in [-0.25, -0.2) is 9.13 Å². The smallest absolute Gasteiger partial charge is 0.462 e. The van der Waals surface area contributed by atoms with Crippen LogP contribution in [0.25, 0.3) is 0 Å². The molecule has 0 radical (unpaired) electrons. The van der Waals surface area contributed by atoms with Crippen molar-refractivity contribution in [3.05, 3.63) is 0 Å². The molecule has 0 spiro atoms. The van der Waals surface area contributed by atoms with E-state index in [4.69, 9.17) is 37.0 Å². The van der Waals surface area contributed by atoms with Crippen LogP contribution < -0.4 is 0 Å². The largest absolute Gasteiger partial charge is 0.472 e. The summed E-state index contributed by atoms with van der Waals surface area (Å²) in [7, 11) is -9.90. The molecular weight excluding hydrogens is 1190 g/mol. The van der Waals surface area contributed by atoms with Crippen molar-refractivity contribution >= 4 is 39.5 Å². The number of aliphatic hydroxyl groups is 1. The minimum atomic E-state index is -4.95. The predicted molar refractivity (Wildman–Crippen MR) is 363 cm³/mol. The molecule has 0 aliphatic heterocycles. The van der Waals surface area contributed by atoms with Gasteiger partial charge in [0.25, 0.3) is 0 Å². The second-order valence-electron chi connectivity index (χ2n) is 27.3. The fourth-order valence-electron chi connectivity index (χ4n) is 10.6. The lowest BCUT2D eigenvalue weighted by Gasteiger charge is -2.21. The third-order valence-electron chi connectivity index (χ3n) is 16.7. The first-order chi connectivity index (χ1) is 43.1. The van der Waals surface area contributed by atoms with Crippen LogP contribution in [0.2, 0.25) is 0 Å². The van der Waals surface area contributed by atoms with Gasteiger partial charge in [-0.3, -0.25) is 37.3 Å². The number of esters is 4. The van der Waals surface area contributed by atoms with Crippen molar-refractivity contribution in [3.8, 4) is 0 Å². The van der Waals surface area contributed by atoms with Crippen molar-refractivity contribution in [1.29, 1.82) is 0 Å². The summed E-state index contributed by atoms with van der Waals surface area (Å²) < 4.78 is 68.3. The molecule has 534 valence electrons. The molecule has 0 aliphatic rings. The van der Waals surface area contributed by atoms with E-state index >= 15 is 0 Å². The van der Waals surface area contributed by atoms with Gasteiger partial charge in [-0.1, -0.05) is 299 Å². The molecule has 0 fully saturated rings. The first-order valence-corrected chi connectivity index (χ1v) is 39.7. The monoisotopic (exact) mass is 1320 g/mol. The molecule has 0 aliphatic carbocycles. The molecular formula is C71H138O17P2. The Hall–Kier alpha value is -1.94. The van der Waals surface area contributed by atoms with Gasteiger partial charge in [-0.15, -0.1) is 0 Å². The summed E-state index contributed by atoms with van der Waals surface area (Å²) in [5.74, 6) is 0.866. The standard InChI is InChI=1S/C71H138O17P2/c1-9-64(8)50-42-34-26-19-21-27-35-43-51-68(73)81-57-66(88-71(76)54-46-38-29-20-18-24-32-40-48-62(4)5)59-85-89(77,78)83-55-65(72)56-84-90(79,80)86-60-67(58-82-69(74)52-44-36-30-22-25-33-41-49-63(6)7)87-70(75)53-45-37-28-17-15-13-11-10-12-14-16-23-31-39-47-61(2)3/h61-67,72H,9-60H2,1-8H3,(H,77,78)(H,79,80)/t64?,65?,66-,67-/m1/s1. The van der Waals surface area contributed by atoms with Crippen molar-refractivity contribution in [2.45, 2.75) is 369 Å². The Labute approximate surface area is 549 Å². The van der Waals surface area contributed by atoms with Crippen molar-refractivity contribution in [1.82, 2.24) is 0 Å². The van der Waals surface area contributed by atoms with E-state index in [0.717, 1.165) is 114 Å². The highest BCUT2D eigenvalue weighted by atomic mass is 31.2. The van der Waals surface area contributed by atoms with E-state index in [2.05, 4.69) is 55.4 Å². The fourth-order valence-corrected chi connectivity index (χ4v) is 12.2. The Bertz CT molecular complexity index is 1780. The van der Waals surface area contributed by atoms with Crippen LogP contribution in [0.4, 0.5) is 0 Å². The highest BCUT2D eigenvalue weighted by Crippen LogP contribution is 2.45. The summed E-state index contributed by atoms with van der Waals surface area (Å²) in [6, 6.07) is 0. The van der Waals surface area contributed by atoms with Gasteiger partial charge < -0.3 is 33.8 Å². The lowest BCUT2D eigenvalue weighted by Crippen LogP contribution is -2.30. The van der Waals surface area contributed by atoms with Gasteiger partial charge in [0.15, 0.2) is 12.2 Å². The average Bonchev–Trinajstić information content (AvgIpc) is 2.79. The Morgan fingerprint density at radius 3 is 0.789 bits per heavy atom. The van der Waals surface area contributed by atoms with E-state index in [1.165, 1.54) is 148 Å². The summed E-state index contributed by atoms with van der Waals surface area (Å²) in [6.45, 7) is 14.1. The van der Waals surface area contributed by atoms with E-state index in [-0.39, 0.29) is 25.7 Å². The molecule has 0 saturated heterocycles. The molecule has 90 heavy (non-hydrogen) atoms.